The number of aromatic nitrogens is 1. The van der Waals surface area contributed by atoms with Crippen LogP contribution >= 0.6 is 11.3 Å². The Morgan fingerprint density at radius 2 is 1.67 bits per heavy atom. The second-order valence-electron chi connectivity index (χ2n) is 6.43. The van der Waals surface area contributed by atoms with E-state index in [1.54, 1.807) is 23.2 Å². The number of rotatable bonds is 5. The molecule has 0 aliphatic rings. The highest BCUT2D eigenvalue weighted by Crippen LogP contribution is 2.28. The fourth-order valence-electron chi connectivity index (χ4n) is 2.71. The Morgan fingerprint density at radius 1 is 1.04 bits per heavy atom. The maximum Gasteiger partial charge on any atom is 0.270 e. The van der Waals surface area contributed by atoms with Crippen molar-refractivity contribution in [2.45, 2.75) is 24.8 Å². The predicted molar refractivity (Wildman–Crippen MR) is 109 cm³/mol. The number of amides is 1. The van der Waals surface area contributed by atoms with Gasteiger partial charge in [-0.3, -0.25) is 4.79 Å². The molecule has 140 valence electrons. The standard InChI is InChI=1S/C20H20N2O3S2/c1-14(2)22(16-9-11-17(12-10-16)27(3,24)25)20(23)18-13-21-19(26-18)15-7-5-4-6-8-15/h4-14H,1-3H3. The van der Waals surface area contributed by atoms with E-state index in [2.05, 4.69) is 4.98 Å². The molecule has 2 aromatic carbocycles. The summed E-state index contributed by atoms with van der Waals surface area (Å²) in [4.78, 5) is 19.9. The van der Waals surface area contributed by atoms with Gasteiger partial charge < -0.3 is 4.90 Å². The van der Waals surface area contributed by atoms with Gasteiger partial charge in [-0.2, -0.15) is 0 Å². The third-order valence-corrected chi connectivity index (χ3v) is 6.18. The molecule has 0 bridgehead atoms. The summed E-state index contributed by atoms with van der Waals surface area (Å²) in [6.07, 6.45) is 2.76. The molecule has 0 spiro atoms. The topological polar surface area (TPSA) is 67.3 Å². The van der Waals surface area contributed by atoms with Gasteiger partial charge in [-0.25, -0.2) is 13.4 Å². The van der Waals surface area contributed by atoms with Gasteiger partial charge >= 0.3 is 0 Å². The molecule has 0 N–H and O–H groups in total. The first-order valence-corrected chi connectivity index (χ1v) is 11.1. The van der Waals surface area contributed by atoms with Crippen molar-refractivity contribution in [2.24, 2.45) is 0 Å². The molecule has 0 unspecified atom stereocenters. The summed E-state index contributed by atoms with van der Waals surface area (Å²) in [7, 11) is -3.28. The minimum atomic E-state index is -3.28. The third kappa shape index (κ3) is 4.26. The Bertz CT molecular complexity index is 1040. The van der Waals surface area contributed by atoms with Crippen LogP contribution in [0.25, 0.3) is 10.6 Å². The monoisotopic (exact) mass is 400 g/mol. The summed E-state index contributed by atoms with van der Waals surface area (Å²) in [6, 6.07) is 16.0. The summed E-state index contributed by atoms with van der Waals surface area (Å²) < 4.78 is 23.3. The summed E-state index contributed by atoms with van der Waals surface area (Å²) >= 11 is 1.34. The van der Waals surface area contributed by atoms with Crippen LogP contribution in [0.5, 0.6) is 0 Å². The number of hydrogen-bond acceptors (Lipinski definition) is 5. The van der Waals surface area contributed by atoms with Gasteiger partial charge in [0.1, 0.15) is 9.88 Å². The second-order valence-corrected chi connectivity index (χ2v) is 9.48. The summed E-state index contributed by atoms with van der Waals surface area (Å²) in [6.45, 7) is 3.84. The van der Waals surface area contributed by atoms with Gasteiger partial charge in [0, 0.05) is 23.5 Å². The maximum absolute atomic E-state index is 13.1. The number of nitrogens with zero attached hydrogens (tertiary/aromatic N) is 2. The molecule has 0 saturated heterocycles. The van der Waals surface area contributed by atoms with E-state index in [9.17, 15) is 13.2 Å². The normalized spacial score (nSPS) is 11.6. The van der Waals surface area contributed by atoms with Crippen LogP contribution in [-0.4, -0.2) is 31.6 Å². The lowest BCUT2D eigenvalue weighted by molar-refractivity contribution is 0.0984. The average molecular weight is 401 g/mol. The van der Waals surface area contributed by atoms with E-state index in [1.165, 1.54) is 23.5 Å². The SMILES string of the molecule is CC(C)N(C(=O)c1cnc(-c2ccccc2)s1)c1ccc(S(C)(=O)=O)cc1. The van der Waals surface area contributed by atoms with Crippen LogP contribution in [0.15, 0.2) is 65.7 Å². The highest BCUT2D eigenvalue weighted by Gasteiger charge is 2.23. The zero-order valence-corrected chi connectivity index (χ0v) is 16.9. The highest BCUT2D eigenvalue weighted by molar-refractivity contribution is 7.90. The molecule has 0 atom stereocenters. The minimum Gasteiger partial charge on any atom is -0.305 e. The fourth-order valence-corrected chi connectivity index (χ4v) is 4.20. The molecule has 1 aromatic heterocycles. The van der Waals surface area contributed by atoms with Crippen molar-refractivity contribution >= 4 is 32.8 Å². The van der Waals surface area contributed by atoms with E-state index >= 15 is 0 Å². The van der Waals surface area contributed by atoms with Crippen LogP contribution in [-0.2, 0) is 9.84 Å². The largest absolute Gasteiger partial charge is 0.305 e. The van der Waals surface area contributed by atoms with Gasteiger partial charge in [-0.15, -0.1) is 11.3 Å². The Labute approximate surface area is 163 Å². The first-order valence-electron chi connectivity index (χ1n) is 8.42. The van der Waals surface area contributed by atoms with Crippen molar-refractivity contribution in [2.75, 3.05) is 11.2 Å². The molecule has 3 aromatic rings. The van der Waals surface area contributed by atoms with Gasteiger partial charge in [-0.1, -0.05) is 30.3 Å². The lowest BCUT2D eigenvalue weighted by Crippen LogP contribution is -2.36. The third-order valence-electron chi connectivity index (χ3n) is 4.02. The Hall–Kier alpha value is -2.51. The second kappa shape index (κ2) is 7.62. The molecule has 0 aliphatic carbocycles. The van der Waals surface area contributed by atoms with E-state index in [-0.39, 0.29) is 16.8 Å². The molecule has 0 aliphatic heterocycles. The molecule has 27 heavy (non-hydrogen) atoms. The predicted octanol–water partition coefficient (Wildman–Crippen LogP) is 4.27. The van der Waals surface area contributed by atoms with Gasteiger partial charge in [0.15, 0.2) is 9.84 Å². The van der Waals surface area contributed by atoms with E-state index < -0.39 is 9.84 Å². The molecular weight excluding hydrogens is 380 g/mol. The molecule has 0 radical (unpaired) electrons. The Kier molecular flexibility index (Phi) is 5.43. The summed E-state index contributed by atoms with van der Waals surface area (Å²) in [5.41, 5.74) is 1.62. The van der Waals surface area contributed by atoms with Crippen molar-refractivity contribution in [3.05, 3.63) is 65.7 Å². The molecule has 1 amide bonds. The van der Waals surface area contributed by atoms with Gasteiger partial charge in [0.05, 0.1) is 11.1 Å². The number of hydrogen-bond donors (Lipinski definition) is 0. The number of benzene rings is 2. The summed E-state index contributed by atoms with van der Waals surface area (Å²) in [5, 5.41) is 0.787. The molecule has 5 nitrogen and oxygen atoms in total. The molecule has 3 rings (SSSR count). The van der Waals surface area contributed by atoms with Crippen LogP contribution in [0.2, 0.25) is 0 Å². The average Bonchev–Trinajstić information content (AvgIpc) is 3.12. The first-order chi connectivity index (χ1) is 12.8. The van der Waals surface area contributed by atoms with Gasteiger partial charge in [0.25, 0.3) is 5.91 Å². The first kappa shape index (κ1) is 19.3. The quantitative estimate of drug-likeness (QED) is 0.641. The van der Waals surface area contributed by atoms with Crippen molar-refractivity contribution in [1.82, 2.24) is 4.98 Å². The lowest BCUT2D eigenvalue weighted by atomic mass is 10.2. The van der Waals surface area contributed by atoms with Crippen LogP contribution in [0.4, 0.5) is 5.69 Å². The number of anilines is 1. The number of carbonyl (C=O) groups excluding carboxylic acids is 1. The van der Waals surface area contributed by atoms with Gasteiger partial charge in [-0.05, 0) is 38.1 Å². The smallest absolute Gasteiger partial charge is 0.270 e. The molecule has 0 saturated carbocycles. The number of thiazole rings is 1. The van der Waals surface area contributed by atoms with Crippen LogP contribution in [0.3, 0.4) is 0 Å². The molecular formula is C20H20N2O3S2. The van der Waals surface area contributed by atoms with Crippen molar-refractivity contribution in [3.8, 4) is 10.6 Å². The highest BCUT2D eigenvalue weighted by atomic mass is 32.2. The van der Waals surface area contributed by atoms with Crippen molar-refractivity contribution < 1.29 is 13.2 Å². The lowest BCUT2D eigenvalue weighted by Gasteiger charge is -2.26. The zero-order chi connectivity index (χ0) is 19.6. The fraction of sp³-hybridized carbons (Fsp3) is 0.200. The van der Waals surface area contributed by atoms with Crippen molar-refractivity contribution in [3.63, 3.8) is 0 Å². The zero-order valence-electron chi connectivity index (χ0n) is 15.3. The minimum absolute atomic E-state index is 0.0936. The Balaban J connectivity index is 1.92. The molecule has 1 heterocycles. The number of carbonyl (C=O) groups is 1. The van der Waals surface area contributed by atoms with E-state index in [1.807, 2.05) is 44.2 Å². The van der Waals surface area contributed by atoms with Gasteiger partial charge in [0.2, 0.25) is 0 Å². The number of sulfone groups is 1. The van der Waals surface area contributed by atoms with Crippen LogP contribution < -0.4 is 4.90 Å². The van der Waals surface area contributed by atoms with E-state index in [0.29, 0.717) is 10.6 Å². The maximum atomic E-state index is 13.1. The molecule has 7 heteroatoms. The van der Waals surface area contributed by atoms with Crippen molar-refractivity contribution in [1.29, 1.82) is 0 Å². The summed E-state index contributed by atoms with van der Waals surface area (Å²) in [5.74, 6) is -0.156. The van der Waals surface area contributed by atoms with E-state index in [0.717, 1.165) is 16.8 Å². The van der Waals surface area contributed by atoms with E-state index in [4.69, 9.17) is 0 Å². The van der Waals surface area contributed by atoms with Crippen LogP contribution in [0.1, 0.15) is 23.5 Å². The van der Waals surface area contributed by atoms with Crippen LogP contribution in [0, 0.1) is 0 Å². The Morgan fingerprint density at radius 3 is 2.22 bits per heavy atom. The molecule has 0 fully saturated rings.